The Bertz CT molecular complexity index is 1010. The van der Waals surface area contributed by atoms with Crippen LogP contribution >= 0.6 is 0 Å². The van der Waals surface area contributed by atoms with E-state index < -0.39 is 5.97 Å². The number of carboxylic acids is 1. The van der Waals surface area contributed by atoms with E-state index in [-0.39, 0.29) is 5.69 Å². The van der Waals surface area contributed by atoms with Gasteiger partial charge in [0.15, 0.2) is 0 Å². The molecular formula is C21H18N2O3. The molecule has 0 aliphatic rings. The molecule has 0 amide bonds. The van der Waals surface area contributed by atoms with Gasteiger partial charge in [0.05, 0.1) is 12.7 Å². The Morgan fingerprint density at radius 1 is 1.04 bits per heavy atom. The van der Waals surface area contributed by atoms with Gasteiger partial charge < -0.3 is 14.4 Å². The number of methoxy groups -OCH3 is 1. The third kappa shape index (κ3) is 2.82. The van der Waals surface area contributed by atoms with Crippen LogP contribution in [0.4, 0.5) is 0 Å². The van der Waals surface area contributed by atoms with Crippen molar-refractivity contribution in [1.29, 1.82) is 5.26 Å². The van der Waals surface area contributed by atoms with E-state index in [0.29, 0.717) is 22.4 Å². The fourth-order valence-corrected chi connectivity index (χ4v) is 3.08. The molecule has 130 valence electrons. The van der Waals surface area contributed by atoms with E-state index in [1.807, 2.05) is 48.5 Å². The van der Waals surface area contributed by atoms with Gasteiger partial charge in [0.1, 0.15) is 17.5 Å². The summed E-state index contributed by atoms with van der Waals surface area (Å²) >= 11 is 0. The van der Waals surface area contributed by atoms with Gasteiger partial charge >= 0.3 is 5.97 Å². The molecule has 3 aromatic rings. The SMILES string of the molecule is COc1ccc(-c2ccc(-c3c(C#N)c(C)n(C)c3C(=O)O)cc2)cc1. The van der Waals surface area contributed by atoms with E-state index >= 15 is 0 Å². The van der Waals surface area contributed by atoms with Crippen LogP contribution in [0.25, 0.3) is 22.3 Å². The topological polar surface area (TPSA) is 75.2 Å². The summed E-state index contributed by atoms with van der Waals surface area (Å²) in [5.41, 5.74) is 4.35. The van der Waals surface area contributed by atoms with Gasteiger partial charge in [-0.15, -0.1) is 0 Å². The molecule has 2 aromatic carbocycles. The number of carboxylic acid groups (broad SMARTS) is 1. The third-order valence-corrected chi connectivity index (χ3v) is 4.60. The molecule has 0 atom stereocenters. The summed E-state index contributed by atoms with van der Waals surface area (Å²) in [6.07, 6.45) is 0. The van der Waals surface area contributed by atoms with Gasteiger partial charge in [-0.1, -0.05) is 36.4 Å². The van der Waals surface area contributed by atoms with Crippen LogP contribution in [0.15, 0.2) is 48.5 Å². The number of rotatable bonds is 4. The molecule has 5 nitrogen and oxygen atoms in total. The summed E-state index contributed by atoms with van der Waals surface area (Å²) in [7, 11) is 3.29. The monoisotopic (exact) mass is 346 g/mol. The zero-order valence-electron chi connectivity index (χ0n) is 14.8. The van der Waals surface area contributed by atoms with Crippen LogP contribution in [0.3, 0.4) is 0 Å². The zero-order valence-corrected chi connectivity index (χ0v) is 14.8. The van der Waals surface area contributed by atoms with Crippen molar-refractivity contribution >= 4 is 5.97 Å². The molecular weight excluding hydrogens is 328 g/mol. The van der Waals surface area contributed by atoms with E-state index in [1.165, 1.54) is 0 Å². The van der Waals surface area contributed by atoms with Crippen molar-refractivity contribution in [3.05, 3.63) is 65.5 Å². The second-order valence-electron chi connectivity index (χ2n) is 5.97. The lowest BCUT2D eigenvalue weighted by atomic mass is 9.97. The van der Waals surface area contributed by atoms with Crippen molar-refractivity contribution < 1.29 is 14.6 Å². The lowest BCUT2D eigenvalue weighted by molar-refractivity contribution is 0.0687. The van der Waals surface area contributed by atoms with E-state index in [9.17, 15) is 15.2 Å². The molecule has 0 fully saturated rings. The average molecular weight is 346 g/mol. The lowest BCUT2D eigenvalue weighted by Crippen LogP contribution is -2.06. The van der Waals surface area contributed by atoms with Crippen LogP contribution in [-0.4, -0.2) is 22.8 Å². The molecule has 0 aliphatic heterocycles. The minimum atomic E-state index is -1.05. The molecule has 3 rings (SSSR count). The highest BCUT2D eigenvalue weighted by atomic mass is 16.5. The first kappa shape index (κ1) is 17.3. The second-order valence-corrected chi connectivity index (χ2v) is 5.97. The van der Waals surface area contributed by atoms with Crippen LogP contribution < -0.4 is 4.74 Å². The molecule has 1 heterocycles. The Morgan fingerprint density at radius 3 is 2.00 bits per heavy atom. The van der Waals surface area contributed by atoms with Crippen LogP contribution in [0.2, 0.25) is 0 Å². The maximum Gasteiger partial charge on any atom is 0.353 e. The number of ether oxygens (including phenoxy) is 1. The van der Waals surface area contributed by atoms with Crippen LogP contribution in [0.1, 0.15) is 21.7 Å². The maximum absolute atomic E-state index is 11.7. The molecule has 5 heteroatoms. The lowest BCUT2D eigenvalue weighted by Gasteiger charge is -2.07. The number of nitrogens with zero attached hydrogens (tertiary/aromatic N) is 2. The molecule has 0 unspecified atom stereocenters. The summed E-state index contributed by atoms with van der Waals surface area (Å²) in [5, 5.41) is 19.1. The van der Waals surface area contributed by atoms with Crippen LogP contribution in [0, 0.1) is 18.3 Å². The normalized spacial score (nSPS) is 10.4. The molecule has 1 aromatic heterocycles. The first-order chi connectivity index (χ1) is 12.5. The quantitative estimate of drug-likeness (QED) is 0.766. The first-order valence-electron chi connectivity index (χ1n) is 8.05. The molecule has 1 N–H and O–H groups in total. The molecule has 0 spiro atoms. The Kier molecular flexibility index (Phi) is 4.51. The van der Waals surface area contributed by atoms with Crippen molar-refractivity contribution in [2.75, 3.05) is 7.11 Å². The Morgan fingerprint density at radius 2 is 1.54 bits per heavy atom. The van der Waals surface area contributed by atoms with Crippen LogP contribution in [0.5, 0.6) is 5.75 Å². The van der Waals surface area contributed by atoms with Crippen molar-refractivity contribution in [3.8, 4) is 34.1 Å². The van der Waals surface area contributed by atoms with Gasteiger partial charge in [0.2, 0.25) is 0 Å². The highest BCUT2D eigenvalue weighted by Crippen LogP contribution is 2.33. The predicted octanol–water partition coefficient (Wildman–Crippen LogP) is 4.25. The second kappa shape index (κ2) is 6.77. The van der Waals surface area contributed by atoms with Crippen LogP contribution in [-0.2, 0) is 7.05 Å². The number of aromatic nitrogens is 1. The van der Waals surface area contributed by atoms with Crippen molar-refractivity contribution in [1.82, 2.24) is 4.57 Å². The molecule has 0 radical (unpaired) electrons. The fourth-order valence-electron chi connectivity index (χ4n) is 3.08. The van der Waals surface area contributed by atoms with E-state index in [0.717, 1.165) is 16.9 Å². The van der Waals surface area contributed by atoms with E-state index in [1.54, 1.807) is 25.6 Å². The standard InChI is InChI=1S/C21H18N2O3/c1-13-18(12-22)19(20(21(24)25)23(13)2)16-6-4-14(5-7-16)15-8-10-17(26-3)11-9-15/h4-11H,1-3H3,(H,24,25). The minimum Gasteiger partial charge on any atom is -0.497 e. The smallest absolute Gasteiger partial charge is 0.353 e. The summed E-state index contributed by atoms with van der Waals surface area (Å²) in [6.45, 7) is 1.75. The zero-order chi connectivity index (χ0) is 18.8. The number of benzene rings is 2. The number of carbonyl (C=O) groups is 1. The summed E-state index contributed by atoms with van der Waals surface area (Å²) < 4.78 is 6.72. The number of nitriles is 1. The average Bonchev–Trinajstić information content (AvgIpc) is 2.92. The highest BCUT2D eigenvalue weighted by molar-refractivity contribution is 5.97. The van der Waals surface area contributed by atoms with Gasteiger partial charge in [-0.25, -0.2) is 4.79 Å². The molecule has 0 saturated heterocycles. The van der Waals surface area contributed by atoms with Gasteiger partial charge in [0, 0.05) is 18.3 Å². The Balaban J connectivity index is 2.08. The van der Waals surface area contributed by atoms with Gasteiger partial charge in [-0.2, -0.15) is 5.26 Å². The fraction of sp³-hybridized carbons (Fsp3) is 0.143. The number of hydrogen-bond donors (Lipinski definition) is 1. The first-order valence-corrected chi connectivity index (χ1v) is 8.05. The van der Waals surface area contributed by atoms with Crippen molar-refractivity contribution in [2.45, 2.75) is 6.92 Å². The molecule has 0 saturated carbocycles. The van der Waals surface area contributed by atoms with E-state index in [2.05, 4.69) is 6.07 Å². The molecule has 0 aliphatic carbocycles. The van der Waals surface area contributed by atoms with E-state index in [4.69, 9.17) is 4.74 Å². The predicted molar refractivity (Wildman–Crippen MR) is 99.2 cm³/mol. The van der Waals surface area contributed by atoms with Crippen molar-refractivity contribution in [2.24, 2.45) is 7.05 Å². The van der Waals surface area contributed by atoms with Gasteiger partial charge in [-0.3, -0.25) is 0 Å². The maximum atomic E-state index is 11.7. The summed E-state index contributed by atoms with van der Waals surface area (Å²) in [6, 6.07) is 17.4. The summed E-state index contributed by atoms with van der Waals surface area (Å²) in [4.78, 5) is 11.7. The van der Waals surface area contributed by atoms with Crippen molar-refractivity contribution in [3.63, 3.8) is 0 Å². The highest BCUT2D eigenvalue weighted by Gasteiger charge is 2.24. The number of hydrogen-bond acceptors (Lipinski definition) is 3. The Labute approximate surface area is 151 Å². The molecule has 0 bridgehead atoms. The summed E-state index contributed by atoms with van der Waals surface area (Å²) in [5.74, 6) is -0.263. The Hall–Kier alpha value is -3.52. The largest absolute Gasteiger partial charge is 0.497 e. The van der Waals surface area contributed by atoms with Gasteiger partial charge in [0.25, 0.3) is 0 Å². The van der Waals surface area contributed by atoms with Gasteiger partial charge in [-0.05, 0) is 35.7 Å². The minimum absolute atomic E-state index is 0.122. The molecule has 26 heavy (non-hydrogen) atoms. The number of aromatic carboxylic acids is 1. The third-order valence-electron chi connectivity index (χ3n) is 4.60.